The van der Waals surface area contributed by atoms with E-state index >= 15 is 0 Å². The van der Waals surface area contributed by atoms with Crippen LogP contribution in [0.5, 0.6) is 11.5 Å². The first-order valence-corrected chi connectivity index (χ1v) is 16.8. The van der Waals surface area contributed by atoms with E-state index in [0.717, 1.165) is 6.29 Å². The van der Waals surface area contributed by atoms with Gasteiger partial charge in [0.15, 0.2) is 0 Å². The van der Waals surface area contributed by atoms with Crippen LogP contribution in [-0.4, -0.2) is 36.0 Å². The number of ether oxygens (including phenoxy) is 1. The Morgan fingerprint density at radius 1 is 0.968 bits per heavy atom. The molecule has 0 radical (unpaired) electrons. The maximum atomic E-state index is 12.8. The highest BCUT2D eigenvalue weighted by molar-refractivity contribution is 6.75. The van der Waals surface area contributed by atoms with Crippen LogP contribution in [0.15, 0.2) is 6.07 Å². The summed E-state index contributed by atoms with van der Waals surface area (Å²) < 4.78 is 18.2. The Morgan fingerprint density at radius 3 is 1.81 bits per heavy atom. The van der Waals surface area contributed by atoms with Crippen LogP contribution in [0.1, 0.15) is 63.9 Å². The van der Waals surface area contributed by atoms with Gasteiger partial charge in [0.2, 0.25) is 0 Å². The normalized spacial score (nSPS) is 13.0. The number of methoxy groups -OCH3 is 1. The van der Waals surface area contributed by atoms with Crippen molar-refractivity contribution in [3.05, 3.63) is 22.2 Å². The lowest BCUT2D eigenvalue weighted by Crippen LogP contribution is -2.45. The van der Waals surface area contributed by atoms with E-state index in [4.69, 9.17) is 25.2 Å². The Labute approximate surface area is 195 Å². The van der Waals surface area contributed by atoms with E-state index in [-0.39, 0.29) is 22.1 Å². The average molecular weight is 487 g/mol. The highest BCUT2D eigenvalue weighted by atomic mass is 35.5. The van der Waals surface area contributed by atoms with E-state index in [2.05, 4.69) is 67.7 Å². The zero-order valence-electron chi connectivity index (χ0n) is 21.0. The largest absolute Gasteiger partial charge is 0.543 e. The summed E-state index contributed by atoms with van der Waals surface area (Å²) in [5, 5.41) is 0.221. The quantitative estimate of drug-likeness (QED) is 0.224. The van der Waals surface area contributed by atoms with E-state index in [1.54, 1.807) is 6.07 Å². The molecule has 1 aromatic carbocycles. The third kappa shape index (κ3) is 6.36. The molecular formula is C23H39ClO5Si2. The van der Waals surface area contributed by atoms with Crippen molar-refractivity contribution in [3.8, 4) is 11.5 Å². The minimum Gasteiger partial charge on any atom is -0.543 e. The van der Waals surface area contributed by atoms with Crippen molar-refractivity contribution in [1.29, 1.82) is 0 Å². The molecule has 0 aromatic heterocycles. The van der Waals surface area contributed by atoms with Gasteiger partial charge in [-0.1, -0.05) is 53.1 Å². The first kappa shape index (κ1) is 27.7. The lowest BCUT2D eigenvalue weighted by Gasteiger charge is -2.39. The van der Waals surface area contributed by atoms with Gasteiger partial charge in [-0.2, -0.15) is 0 Å². The van der Waals surface area contributed by atoms with Crippen molar-refractivity contribution < 1.29 is 23.2 Å². The maximum absolute atomic E-state index is 12.8. The first-order valence-electron chi connectivity index (χ1n) is 10.6. The fourth-order valence-corrected chi connectivity index (χ4v) is 4.82. The number of hydrogen-bond donors (Lipinski definition) is 0. The number of carbonyl (C=O) groups excluding carboxylic acids is 2. The maximum Gasteiger partial charge on any atom is 0.341 e. The number of carbonyl (C=O) groups is 2. The zero-order valence-corrected chi connectivity index (χ0v) is 23.7. The molecule has 0 saturated heterocycles. The van der Waals surface area contributed by atoms with Gasteiger partial charge < -0.3 is 18.4 Å². The van der Waals surface area contributed by atoms with E-state index < -0.39 is 22.6 Å². The fraction of sp³-hybridized carbons (Fsp3) is 0.652. The van der Waals surface area contributed by atoms with Gasteiger partial charge in [0, 0.05) is 12.5 Å². The Kier molecular flexibility index (Phi) is 8.64. The SMILES string of the molecule is COC(=O)c1c(O[Si](C)(C)C(C)(C)C)cc(O[Si](C)(C)C(C)(C)C)c(Cl)c1CCC=O. The molecule has 0 heterocycles. The summed E-state index contributed by atoms with van der Waals surface area (Å²) in [6.07, 6.45) is 1.34. The number of benzene rings is 1. The van der Waals surface area contributed by atoms with Gasteiger partial charge in [0.25, 0.3) is 16.6 Å². The molecule has 0 amide bonds. The van der Waals surface area contributed by atoms with Gasteiger partial charge in [0.1, 0.15) is 23.3 Å². The second kappa shape index (κ2) is 9.67. The van der Waals surface area contributed by atoms with Gasteiger partial charge in [-0.3, -0.25) is 0 Å². The third-order valence-corrected chi connectivity index (χ3v) is 15.6. The molecule has 1 rings (SSSR count). The smallest absolute Gasteiger partial charge is 0.341 e. The molecule has 0 aliphatic rings. The highest BCUT2D eigenvalue weighted by Gasteiger charge is 2.42. The molecule has 5 nitrogen and oxygen atoms in total. The third-order valence-electron chi connectivity index (χ3n) is 6.54. The fourth-order valence-electron chi connectivity index (χ4n) is 2.44. The van der Waals surface area contributed by atoms with Crippen LogP contribution in [-0.2, 0) is 16.0 Å². The number of esters is 1. The predicted octanol–water partition coefficient (Wildman–Crippen LogP) is 7.03. The summed E-state index contributed by atoms with van der Waals surface area (Å²) in [6.45, 7) is 21.3. The summed E-state index contributed by atoms with van der Waals surface area (Å²) in [5.41, 5.74) is 0.812. The summed E-state index contributed by atoms with van der Waals surface area (Å²) in [4.78, 5) is 23.9. The molecule has 0 saturated carbocycles. The van der Waals surface area contributed by atoms with Crippen LogP contribution >= 0.6 is 11.6 Å². The van der Waals surface area contributed by atoms with Crippen molar-refractivity contribution in [3.63, 3.8) is 0 Å². The van der Waals surface area contributed by atoms with Crippen LogP contribution in [0.2, 0.25) is 41.3 Å². The number of aldehydes is 1. The molecule has 0 atom stereocenters. The van der Waals surface area contributed by atoms with E-state index in [1.165, 1.54) is 7.11 Å². The molecule has 0 aliphatic carbocycles. The van der Waals surface area contributed by atoms with Crippen molar-refractivity contribution in [1.82, 2.24) is 0 Å². The topological polar surface area (TPSA) is 61.8 Å². The molecule has 8 heteroatoms. The van der Waals surface area contributed by atoms with Gasteiger partial charge >= 0.3 is 5.97 Å². The Morgan fingerprint density at radius 2 is 1.42 bits per heavy atom. The second-order valence-corrected chi connectivity index (χ2v) is 20.8. The van der Waals surface area contributed by atoms with Crippen LogP contribution in [0.3, 0.4) is 0 Å². The molecule has 0 bridgehead atoms. The minimum atomic E-state index is -2.29. The average Bonchev–Trinajstić information content (AvgIpc) is 2.59. The second-order valence-electron chi connectivity index (χ2n) is 11.0. The van der Waals surface area contributed by atoms with E-state index in [1.807, 2.05) is 0 Å². The lowest BCUT2D eigenvalue weighted by molar-refractivity contribution is -0.107. The molecule has 0 unspecified atom stereocenters. The molecular weight excluding hydrogens is 448 g/mol. The van der Waals surface area contributed by atoms with Gasteiger partial charge in [-0.15, -0.1) is 0 Å². The van der Waals surface area contributed by atoms with Crippen LogP contribution in [0.4, 0.5) is 0 Å². The molecule has 1 aromatic rings. The Bertz CT molecular complexity index is 821. The molecule has 0 spiro atoms. The summed E-state index contributed by atoms with van der Waals surface area (Å²) in [5.74, 6) is 0.378. The predicted molar refractivity (Wildman–Crippen MR) is 133 cm³/mol. The summed E-state index contributed by atoms with van der Waals surface area (Å²) in [7, 11) is -3.18. The number of halogens is 1. The van der Waals surface area contributed by atoms with Crippen LogP contribution in [0, 0.1) is 0 Å². The summed E-state index contributed by atoms with van der Waals surface area (Å²) in [6, 6.07) is 1.74. The van der Waals surface area contributed by atoms with Gasteiger partial charge in [-0.05, 0) is 48.2 Å². The van der Waals surface area contributed by atoms with Crippen LogP contribution in [0.25, 0.3) is 0 Å². The zero-order chi connectivity index (χ0) is 24.4. The van der Waals surface area contributed by atoms with E-state index in [9.17, 15) is 9.59 Å². The summed E-state index contributed by atoms with van der Waals surface area (Å²) >= 11 is 6.77. The van der Waals surface area contributed by atoms with Gasteiger partial charge in [0.05, 0.1) is 12.1 Å². The minimum absolute atomic E-state index is 0.0409. The molecule has 176 valence electrons. The molecule has 0 aliphatic heterocycles. The molecule has 0 fully saturated rings. The highest BCUT2D eigenvalue weighted by Crippen LogP contribution is 2.46. The van der Waals surface area contributed by atoms with Crippen molar-refractivity contribution in [2.75, 3.05) is 7.11 Å². The lowest BCUT2D eigenvalue weighted by atomic mass is 10.0. The Hall–Kier alpha value is -1.32. The van der Waals surface area contributed by atoms with Crippen molar-refractivity contribution in [2.45, 2.75) is 90.6 Å². The van der Waals surface area contributed by atoms with Crippen molar-refractivity contribution in [2.24, 2.45) is 0 Å². The number of rotatable bonds is 8. The van der Waals surface area contributed by atoms with E-state index in [0.29, 0.717) is 28.5 Å². The van der Waals surface area contributed by atoms with Crippen molar-refractivity contribution >= 4 is 40.5 Å². The standard InChI is InChI=1S/C23H39ClO5Si2/c1-22(2,3)30(8,9)28-17-15-18(29-31(10,11)23(4,5)6)20(24)16(13-12-14-25)19(17)21(26)27-7/h14-15H,12-13H2,1-11H3. The van der Waals surface area contributed by atoms with Crippen LogP contribution < -0.4 is 8.85 Å². The van der Waals surface area contributed by atoms with Gasteiger partial charge in [-0.25, -0.2) is 4.79 Å². The monoisotopic (exact) mass is 486 g/mol. The molecule has 0 N–H and O–H groups in total. The number of hydrogen-bond acceptors (Lipinski definition) is 5. The molecule has 31 heavy (non-hydrogen) atoms. The first-order chi connectivity index (χ1) is 13.9. The Balaban J connectivity index is 3.82.